The van der Waals surface area contributed by atoms with Crippen molar-refractivity contribution in [1.82, 2.24) is 14.7 Å². The van der Waals surface area contributed by atoms with Gasteiger partial charge in [-0.2, -0.15) is 5.10 Å². The fraction of sp³-hybridized carbons (Fsp3) is 0.158. The first-order valence-electron chi connectivity index (χ1n) is 7.77. The zero-order valence-corrected chi connectivity index (χ0v) is 13.9. The van der Waals surface area contributed by atoms with E-state index >= 15 is 0 Å². The first kappa shape index (κ1) is 16.8. The Kier molecular flexibility index (Phi) is 4.61. The molecule has 0 saturated heterocycles. The van der Waals surface area contributed by atoms with Gasteiger partial charge in [-0.1, -0.05) is 24.3 Å². The SMILES string of the molecule is Cc1c(C(=O)N(C)Cc2ccc(F)cc2)cnn1-c1ccccc1F. The minimum Gasteiger partial charge on any atom is -0.337 e. The Bertz CT molecular complexity index is 903. The fourth-order valence-electron chi connectivity index (χ4n) is 2.63. The van der Waals surface area contributed by atoms with Gasteiger partial charge in [-0.15, -0.1) is 0 Å². The summed E-state index contributed by atoms with van der Waals surface area (Å²) in [6, 6.07) is 12.2. The summed E-state index contributed by atoms with van der Waals surface area (Å²) >= 11 is 0. The molecule has 1 aromatic heterocycles. The molecule has 0 unspecified atom stereocenters. The molecule has 1 heterocycles. The van der Waals surface area contributed by atoms with Crippen LogP contribution < -0.4 is 0 Å². The third-order valence-corrected chi connectivity index (χ3v) is 4.00. The molecule has 4 nitrogen and oxygen atoms in total. The van der Waals surface area contributed by atoms with Gasteiger partial charge in [0, 0.05) is 13.6 Å². The number of amides is 1. The highest BCUT2D eigenvalue weighted by Gasteiger charge is 2.20. The van der Waals surface area contributed by atoms with Gasteiger partial charge < -0.3 is 4.90 Å². The van der Waals surface area contributed by atoms with Crippen molar-refractivity contribution in [2.24, 2.45) is 0 Å². The molecule has 0 aliphatic heterocycles. The van der Waals surface area contributed by atoms with Crippen LogP contribution >= 0.6 is 0 Å². The molecule has 0 bridgehead atoms. The summed E-state index contributed by atoms with van der Waals surface area (Å²) in [5.74, 6) is -0.962. The molecule has 25 heavy (non-hydrogen) atoms. The van der Waals surface area contributed by atoms with E-state index in [-0.39, 0.29) is 11.7 Å². The van der Waals surface area contributed by atoms with E-state index < -0.39 is 5.82 Å². The van der Waals surface area contributed by atoms with Crippen LogP contribution in [-0.4, -0.2) is 27.6 Å². The number of halogens is 2. The summed E-state index contributed by atoms with van der Waals surface area (Å²) in [5.41, 5.74) is 2.06. The van der Waals surface area contributed by atoms with Gasteiger partial charge in [0.05, 0.1) is 17.5 Å². The first-order valence-corrected chi connectivity index (χ1v) is 7.77. The molecule has 0 spiro atoms. The number of para-hydroxylation sites is 1. The number of rotatable bonds is 4. The largest absolute Gasteiger partial charge is 0.337 e. The standard InChI is InChI=1S/C19H17F2N3O/c1-13-16(11-22-24(13)18-6-4-3-5-17(18)21)19(25)23(2)12-14-7-9-15(20)10-8-14/h3-11H,12H2,1-2H3. The normalized spacial score (nSPS) is 10.7. The number of hydrogen-bond donors (Lipinski definition) is 0. The van der Waals surface area contributed by atoms with E-state index in [4.69, 9.17) is 0 Å². The molecule has 0 atom stereocenters. The first-order chi connectivity index (χ1) is 12.0. The average Bonchev–Trinajstić information content (AvgIpc) is 2.98. The van der Waals surface area contributed by atoms with Gasteiger partial charge in [-0.05, 0) is 36.8 Å². The number of hydrogen-bond acceptors (Lipinski definition) is 2. The summed E-state index contributed by atoms with van der Waals surface area (Å²) in [6.45, 7) is 2.06. The molecule has 2 aromatic carbocycles. The lowest BCUT2D eigenvalue weighted by Crippen LogP contribution is -2.26. The summed E-state index contributed by atoms with van der Waals surface area (Å²) in [7, 11) is 1.66. The molecule has 0 saturated carbocycles. The predicted octanol–water partition coefficient (Wildman–Crippen LogP) is 3.73. The molecule has 128 valence electrons. The van der Waals surface area contributed by atoms with Gasteiger partial charge >= 0.3 is 0 Å². The van der Waals surface area contributed by atoms with Crippen molar-refractivity contribution >= 4 is 5.91 Å². The Morgan fingerprint density at radius 2 is 1.80 bits per heavy atom. The van der Waals surface area contributed by atoms with Crippen LogP contribution in [-0.2, 0) is 6.54 Å². The molecule has 1 amide bonds. The smallest absolute Gasteiger partial charge is 0.257 e. The summed E-state index contributed by atoms with van der Waals surface area (Å²) in [5, 5.41) is 4.15. The molecular formula is C19H17F2N3O. The van der Waals surface area contributed by atoms with E-state index in [1.807, 2.05) is 0 Å². The highest BCUT2D eigenvalue weighted by atomic mass is 19.1. The monoisotopic (exact) mass is 341 g/mol. The predicted molar refractivity (Wildman–Crippen MR) is 90.5 cm³/mol. The Hall–Kier alpha value is -3.02. The van der Waals surface area contributed by atoms with Crippen LogP contribution in [0.1, 0.15) is 21.6 Å². The molecule has 0 aliphatic rings. The van der Waals surface area contributed by atoms with Crippen LogP contribution in [0.5, 0.6) is 0 Å². The fourth-order valence-corrected chi connectivity index (χ4v) is 2.63. The maximum atomic E-state index is 14.0. The van der Waals surface area contributed by atoms with E-state index in [0.717, 1.165) is 5.56 Å². The highest BCUT2D eigenvalue weighted by Crippen LogP contribution is 2.18. The van der Waals surface area contributed by atoms with Gasteiger partial charge in [0.25, 0.3) is 5.91 Å². The van der Waals surface area contributed by atoms with Crippen molar-refractivity contribution in [3.05, 3.63) is 83.2 Å². The number of aromatic nitrogens is 2. The summed E-state index contributed by atoms with van der Waals surface area (Å²) in [4.78, 5) is 14.2. The van der Waals surface area contributed by atoms with E-state index in [1.165, 1.54) is 34.0 Å². The Labute approximate surface area is 144 Å². The summed E-state index contributed by atoms with van der Waals surface area (Å²) < 4.78 is 28.3. The number of nitrogens with zero attached hydrogens (tertiary/aromatic N) is 3. The lowest BCUT2D eigenvalue weighted by atomic mass is 10.2. The van der Waals surface area contributed by atoms with Crippen molar-refractivity contribution in [3.63, 3.8) is 0 Å². The molecule has 0 fully saturated rings. The lowest BCUT2D eigenvalue weighted by Gasteiger charge is -2.17. The second-order valence-electron chi connectivity index (χ2n) is 5.79. The molecule has 0 radical (unpaired) electrons. The highest BCUT2D eigenvalue weighted by molar-refractivity contribution is 5.95. The number of carbonyl (C=O) groups excluding carboxylic acids is 1. The Morgan fingerprint density at radius 1 is 1.12 bits per heavy atom. The minimum atomic E-state index is -0.410. The van der Waals surface area contributed by atoms with Crippen LogP contribution in [0.3, 0.4) is 0 Å². The molecule has 3 aromatic rings. The third-order valence-electron chi connectivity index (χ3n) is 4.00. The van der Waals surface area contributed by atoms with Crippen molar-refractivity contribution in [2.45, 2.75) is 13.5 Å². The topological polar surface area (TPSA) is 38.1 Å². The molecular weight excluding hydrogens is 324 g/mol. The van der Waals surface area contributed by atoms with Gasteiger partial charge in [-0.3, -0.25) is 4.79 Å². The summed E-state index contributed by atoms with van der Waals surface area (Å²) in [6.07, 6.45) is 1.44. The van der Waals surface area contributed by atoms with Crippen LogP contribution in [0.2, 0.25) is 0 Å². The van der Waals surface area contributed by atoms with Gasteiger partial charge in [-0.25, -0.2) is 13.5 Å². The molecule has 0 aliphatic carbocycles. The quantitative estimate of drug-likeness (QED) is 0.725. The molecule has 6 heteroatoms. The van der Waals surface area contributed by atoms with Crippen molar-refractivity contribution in [1.29, 1.82) is 0 Å². The van der Waals surface area contributed by atoms with Crippen LogP contribution in [0.25, 0.3) is 5.69 Å². The third kappa shape index (κ3) is 3.42. The molecule has 0 N–H and O–H groups in total. The Morgan fingerprint density at radius 3 is 2.48 bits per heavy atom. The second-order valence-corrected chi connectivity index (χ2v) is 5.79. The lowest BCUT2D eigenvalue weighted by molar-refractivity contribution is 0.0784. The van der Waals surface area contributed by atoms with Crippen LogP contribution in [0, 0.1) is 18.6 Å². The number of benzene rings is 2. The zero-order valence-electron chi connectivity index (χ0n) is 13.9. The van der Waals surface area contributed by atoms with E-state index in [9.17, 15) is 13.6 Å². The van der Waals surface area contributed by atoms with Crippen molar-refractivity contribution in [2.75, 3.05) is 7.05 Å². The molecule has 3 rings (SSSR count). The van der Waals surface area contributed by atoms with Gasteiger partial charge in [0.15, 0.2) is 0 Å². The zero-order chi connectivity index (χ0) is 18.0. The Balaban J connectivity index is 1.83. The maximum Gasteiger partial charge on any atom is 0.257 e. The van der Waals surface area contributed by atoms with Gasteiger partial charge in [0.2, 0.25) is 0 Å². The van der Waals surface area contributed by atoms with Crippen molar-refractivity contribution in [3.8, 4) is 5.69 Å². The van der Waals surface area contributed by atoms with Gasteiger partial charge in [0.1, 0.15) is 17.3 Å². The van der Waals surface area contributed by atoms with Crippen LogP contribution in [0.4, 0.5) is 8.78 Å². The van der Waals surface area contributed by atoms with E-state index in [1.54, 1.807) is 44.3 Å². The van der Waals surface area contributed by atoms with Crippen LogP contribution in [0.15, 0.2) is 54.7 Å². The van der Waals surface area contributed by atoms with Crippen molar-refractivity contribution < 1.29 is 13.6 Å². The second kappa shape index (κ2) is 6.84. The number of carbonyl (C=O) groups is 1. The van der Waals surface area contributed by atoms with E-state index in [2.05, 4.69) is 5.10 Å². The maximum absolute atomic E-state index is 14.0. The average molecular weight is 341 g/mol. The minimum absolute atomic E-state index is 0.232. The van der Waals surface area contributed by atoms with E-state index in [0.29, 0.717) is 23.5 Å².